The van der Waals surface area contributed by atoms with Gasteiger partial charge in [-0.25, -0.2) is 135 Å². The molecule has 0 aromatic rings. The predicted molar refractivity (Wildman–Crippen MR) is 359 cm³/mol. The molecular formula is C42H60Na16O74S16. The summed E-state index contributed by atoms with van der Waals surface area (Å²) in [6, 6.07) is 0. The molecule has 5 rings (SSSR count). The molecule has 5 fully saturated rings. The molecule has 0 saturated carbocycles. The van der Waals surface area contributed by atoms with Crippen LogP contribution in [0.5, 0.6) is 0 Å². The molecule has 5 heterocycles. The SMILES string of the molecule is CCCCCCCCCCCCO[C@H]1O[C@H](COS(=O)(=O)[O-])[C@@H](OS(=O)(=O)[O-])[C@H](OS(=O)(=O)[O-])[C@@H]1O[C@H]1O[C@H](COS(=O)(=O)[O-])[C@@H](OS(=O)(=O)[O-])[C@H](O[C@H]2O[C@H](COS(=O)(=O)[O-])[C@@H](OS(=O)(=O)[O-])[C@H](O[C@H]3O[C@H](COS(=O)(=O)[O-])[C@@H](OS(=O)(=O)[O-])[C@H](O[C@H]4O[C@H](COS(=O)(=O)[O-])[C@@H](OS(=O)(=O)[O-])[C@H](OS(=O)(=O)[O-])[C@@H]4OS(=O)(=O)[O-])[C@@H]3OS(=O)(=O)[O-])[C@@H]2OS(=O)(=O)[O-])[C@@H]1OS(=O)(=O)[O-].[Na+].[Na+].[Na+].[Na+].[Na+].[Na+].[Na+].[Na+].[Na+].[Na+].[Na+].[Na+].[Na+].[Na+].[Na+].[Na+]. The third-order valence-electron chi connectivity index (χ3n) is 16.3. The molecule has 5 aliphatic heterocycles. The first-order valence-corrected chi connectivity index (χ1v) is 55.2. The summed E-state index contributed by atoms with van der Waals surface area (Å²) in [7, 11) is -111. The van der Waals surface area contributed by atoms with Crippen molar-refractivity contribution >= 4 is 166 Å². The summed E-state index contributed by atoms with van der Waals surface area (Å²) in [5.41, 5.74) is 0. The van der Waals surface area contributed by atoms with Crippen molar-refractivity contribution < 1.29 is 795 Å². The van der Waals surface area contributed by atoms with E-state index < -0.39 is 360 Å². The Morgan fingerprint density at radius 2 is 0.311 bits per heavy atom. The smallest absolute Gasteiger partial charge is 0.726 e. The normalized spacial score (nSPS) is 28.0. The van der Waals surface area contributed by atoms with Crippen LogP contribution < -0.4 is 473 Å². The van der Waals surface area contributed by atoms with Crippen molar-refractivity contribution in [1.82, 2.24) is 0 Å². The van der Waals surface area contributed by atoms with Gasteiger partial charge in [-0.15, -0.1) is 0 Å². The van der Waals surface area contributed by atoms with Gasteiger partial charge in [0.05, 0.1) is 33.0 Å². The second kappa shape index (κ2) is 79.6. The zero-order valence-corrected chi connectivity index (χ0v) is 125. The Labute approximate surface area is 1200 Å². The second-order valence-electron chi connectivity index (χ2n) is 25.8. The molecule has 5 aliphatic rings. The Morgan fingerprint density at radius 3 is 0.493 bits per heavy atom. The van der Waals surface area contributed by atoms with Gasteiger partial charge in [0.1, 0.15) is 97.7 Å². The van der Waals surface area contributed by atoms with E-state index in [1.54, 1.807) is 0 Å². The summed E-state index contributed by atoms with van der Waals surface area (Å²) in [5, 5.41) is 0. The van der Waals surface area contributed by atoms with Crippen LogP contribution in [0.2, 0.25) is 0 Å². The second-order valence-corrected chi connectivity index (χ2v) is 42.2. The molecular weight excluding hydrogens is 2570 g/mol. The van der Waals surface area contributed by atoms with Gasteiger partial charge in [0.25, 0.3) is 0 Å². The van der Waals surface area contributed by atoms with E-state index in [0.717, 1.165) is 25.7 Å². The molecule has 0 bridgehead atoms. The van der Waals surface area contributed by atoms with E-state index in [1.807, 2.05) is 6.92 Å². The van der Waals surface area contributed by atoms with Crippen LogP contribution in [0.4, 0.5) is 0 Å². The van der Waals surface area contributed by atoms with Crippen molar-refractivity contribution in [1.29, 1.82) is 0 Å². The molecule has 784 valence electrons. The number of ether oxygens (including phenoxy) is 10. The van der Waals surface area contributed by atoms with Gasteiger partial charge in [-0.3, -0.25) is 66.9 Å². The van der Waals surface area contributed by atoms with E-state index in [1.165, 1.54) is 0 Å². The van der Waals surface area contributed by atoms with Gasteiger partial charge >= 0.3 is 473 Å². The molecule has 0 spiro atoms. The van der Waals surface area contributed by atoms with Crippen molar-refractivity contribution in [3.05, 3.63) is 0 Å². The van der Waals surface area contributed by atoms with E-state index >= 15 is 0 Å². The summed E-state index contributed by atoms with van der Waals surface area (Å²) in [4.78, 5) is 0. The monoisotopic (exact) mass is 2630 g/mol. The Kier molecular flexibility index (Phi) is 100. The first-order chi connectivity index (χ1) is 59.3. The van der Waals surface area contributed by atoms with Gasteiger partial charge in [0.15, 0.2) is 55.9 Å². The molecule has 0 aromatic carbocycles. The zero-order valence-electron chi connectivity index (χ0n) is 79.5. The Morgan fingerprint density at radius 1 is 0.169 bits per heavy atom. The maximum Gasteiger partial charge on any atom is 1.00 e. The Bertz CT molecular complexity index is 5890. The molecule has 0 aromatic heterocycles. The van der Waals surface area contributed by atoms with Gasteiger partial charge in [0.2, 0.25) is 166 Å². The topological polar surface area (TPSA) is 1160 Å². The van der Waals surface area contributed by atoms with Crippen LogP contribution in [0.15, 0.2) is 0 Å². The predicted octanol–water partition coefficient (Wildman–Crippen LogP) is -63.2. The van der Waals surface area contributed by atoms with Gasteiger partial charge in [-0.05, 0) is 6.42 Å². The van der Waals surface area contributed by atoms with Crippen molar-refractivity contribution in [3.63, 3.8) is 0 Å². The maximum absolute atomic E-state index is 13.3. The molecule has 0 amide bonds. The third kappa shape index (κ3) is 77.4. The van der Waals surface area contributed by atoms with E-state index in [2.05, 4.69) is 66.9 Å². The maximum atomic E-state index is 13.3. The zero-order chi connectivity index (χ0) is 101. The molecule has 5 saturated heterocycles. The number of hydrogen-bond donors (Lipinski definition) is 0. The van der Waals surface area contributed by atoms with Crippen molar-refractivity contribution in [2.75, 3.05) is 39.6 Å². The molecule has 0 N–H and O–H groups in total. The summed E-state index contributed by atoms with van der Waals surface area (Å²) in [6.45, 7) is -11.8. The third-order valence-corrected chi connectivity index (χ3v) is 23.5. The first-order valence-electron chi connectivity index (χ1n) is 33.9. The van der Waals surface area contributed by atoms with Crippen molar-refractivity contribution in [2.45, 2.75) is 225 Å². The summed E-state index contributed by atoms with van der Waals surface area (Å²) >= 11 is 0. The van der Waals surface area contributed by atoms with Gasteiger partial charge in [-0.2, -0.15) is 0 Å². The Balaban J connectivity index is -0.00000116. The largest absolute Gasteiger partial charge is 1.00 e. The van der Waals surface area contributed by atoms with Crippen molar-refractivity contribution in [3.8, 4) is 0 Å². The van der Waals surface area contributed by atoms with Crippen LogP contribution in [0.1, 0.15) is 71.1 Å². The minimum atomic E-state index is -7.47. The molecule has 106 heteroatoms. The molecule has 0 unspecified atom stereocenters. The fourth-order valence-electron chi connectivity index (χ4n) is 12.1. The minimum Gasteiger partial charge on any atom is -0.726 e. The van der Waals surface area contributed by atoms with Crippen LogP contribution in [0, 0.1) is 0 Å². The first kappa shape index (κ1) is 186. The van der Waals surface area contributed by atoms with Crippen LogP contribution in [0.25, 0.3) is 0 Å². The molecule has 0 radical (unpaired) electrons. The Hall–Kier alpha value is 13.5. The standard InChI is InChI=1S/C42H76O74S16.16Na/c1-2-3-4-5-6-7-8-9-10-11-12-91-38-33(31(111-127(73,74)75)26(109-125(67,68)69)21(97-38)16-95-120(52,53)54)105-41-36(115-131(85,86)87)30(25(108-124(64,65)66)20(100-41)15-94-119(49,50)51)103-39-34(113-129(79,80)81)28(23(106-122(58,59)60)18(98-39)13-92-117(43,44)45)102-40-35(114-130(82,83)84)29(24(107-123(61,62)63)19(99-40)14-93-118(46,47)48)104-42-37(116-132(88,89)90)32(112-128(76,77)78)27(110-126(70,71)72)22(101-42)17-96-121(55,56)57;;;;;;;;;;;;;;;;/h18-42H,2-17H2,1H3,(H,43,44,45)(H,46,47,48)(H,49,50,51)(H,52,53,54)(H,55,56,57)(H,58,59,60)(H,61,62,63)(H,64,65,66)(H,67,68,69)(H,70,71,72)(H,73,74,75)(H,76,77,78)(H,79,80,81)(H,82,83,84)(H,85,86,87)(H,88,89,90);;;;;;;;;;;;;;;;/q;16*+1/p-16/t18-,19-,20-,21-,22-,23-,24-,25-,26-,27-,28+,29+,30+,31+,32+,33+,34+,35+,36+,37+,38+,39-,40-,41-,42-;;;;;;;;;;;;;;;;/m1................/s1. The van der Waals surface area contributed by atoms with Crippen molar-refractivity contribution in [2.24, 2.45) is 0 Å². The van der Waals surface area contributed by atoms with Gasteiger partial charge in [0, 0.05) is 6.61 Å². The summed E-state index contributed by atoms with van der Waals surface area (Å²) in [6.07, 6.45) is -95.2. The quantitative estimate of drug-likeness (QED) is 0.0236. The van der Waals surface area contributed by atoms with Crippen LogP contribution >= 0.6 is 0 Å². The molecule has 0 aliphatic carbocycles. The average molecular weight is 2630 g/mol. The van der Waals surface area contributed by atoms with Gasteiger partial charge in [-0.1, -0.05) is 64.7 Å². The van der Waals surface area contributed by atoms with Crippen LogP contribution in [0.3, 0.4) is 0 Å². The van der Waals surface area contributed by atoms with E-state index in [-0.39, 0.29) is 492 Å². The fraction of sp³-hybridized carbons (Fsp3) is 1.00. The van der Waals surface area contributed by atoms with Crippen LogP contribution in [-0.4, -0.2) is 401 Å². The fourth-order valence-corrected chi connectivity index (χ4v) is 19.0. The van der Waals surface area contributed by atoms with Crippen LogP contribution in [-0.2, 0) is 281 Å². The minimum absolute atomic E-state index is 0. The molecule has 25 atom stereocenters. The van der Waals surface area contributed by atoms with E-state index in [4.69, 9.17) is 47.4 Å². The summed E-state index contributed by atoms with van der Waals surface area (Å²) in [5.74, 6) is 0. The average Bonchev–Trinajstić information content (AvgIpc) is 0.744. The van der Waals surface area contributed by atoms with E-state index in [9.17, 15) is 208 Å². The van der Waals surface area contributed by atoms with E-state index in [0.29, 0.717) is 19.3 Å². The summed E-state index contributed by atoms with van der Waals surface area (Å²) < 4.78 is 719. The van der Waals surface area contributed by atoms with Gasteiger partial charge < -0.3 is 120 Å². The number of unbranched alkanes of at least 4 members (excludes halogenated alkanes) is 9. The molecule has 74 nitrogen and oxygen atoms in total. The number of rotatable bonds is 57. The molecule has 148 heavy (non-hydrogen) atoms. The number of hydrogen-bond acceptors (Lipinski definition) is 74.